The molecule has 30 heavy (non-hydrogen) atoms. The van der Waals surface area contributed by atoms with E-state index in [2.05, 4.69) is 83.0 Å². The summed E-state index contributed by atoms with van der Waals surface area (Å²) in [6.45, 7) is 4.35. The Morgan fingerprint density at radius 3 is 2.43 bits per heavy atom. The van der Waals surface area contributed by atoms with Crippen molar-refractivity contribution in [3.63, 3.8) is 0 Å². The maximum absolute atomic E-state index is 5.54. The Labute approximate surface area is 178 Å². The van der Waals surface area contributed by atoms with Crippen LogP contribution < -0.4 is 14.8 Å². The Balaban J connectivity index is 1.28. The highest BCUT2D eigenvalue weighted by atomic mass is 16.7. The number of nitrogens with one attached hydrogen (secondary N) is 1. The fourth-order valence-corrected chi connectivity index (χ4v) is 4.59. The first-order chi connectivity index (χ1) is 14.8. The molecule has 4 nitrogen and oxygen atoms in total. The van der Waals surface area contributed by atoms with E-state index in [0.29, 0.717) is 18.8 Å². The molecule has 3 aromatic carbocycles. The fourth-order valence-electron chi connectivity index (χ4n) is 4.59. The largest absolute Gasteiger partial charge is 0.454 e. The minimum absolute atomic E-state index is 0.322. The Bertz CT molecular complexity index is 961. The summed E-state index contributed by atoms with van der Waals surface area (Å²) in [5.41, 5.74) is 4.03. The Morgan fingerprint density at radius 1 is 0.833 bits per heavy atom. The molecular weight excluding hydrogens is 372 g/mol. The van der Waals surface area contributed by atoms with Crippen LogP contribution in [0.15, 0.2) is 78.9 Å². The molecule has 0 spiro atoms. The van der Waals surface area contributed by atoms with Crippen LogP contribution in [0.2, 0.25) is 0 Å². The molecule has 2 aliphatic heterocycles. The zero-order valence-electron chi connectivity index (χ0n) is 17.2. The maximum Gasteiger partial charge on any atom is 0.231 e. The van der Waals surface area contributed by atoms with Gasteiger partial charge in [-0.3, -0.25) is 4.90 Å². The van der Waals surface area contributed by atoms with E-state index in [1.54, 1.807) is 0 Å². The Morgan fingerprint density at radius 2 is 1.60 bits per heavy atom. The highest BCUT2D eigenvalue weighted by Crippen LogP contribution is 2.33. The van der Waals surface area contributed by atoms with Crippen LogP contribution in [0.3, 0.4) is 0 Å². The maximum atomic E-state index is 5.54. The number of piperidine rings is 1. The average Bonchev–Trinajstić information content (AvgIpc) is 3.27. The average molecular weight is 401 g/mol. The van der Waals surface area contributed by atoms with Crippen molar-refractivity contribution in [1.82, 2.24) is 10.2 Å². The van der Waals surface area contributed by atoms with E-state index in [4.69, 9.17) is 9.47 Å². The van der Waals surface area contributed by atoms with Crippen molar-refractivity contribution in [2.75, 3.05) is 19.9 Å². The third kappa shape index (κ3) is 4.35. The molecule has 0 saturated carbocycles. The Kier molecular flexibility index (Phi) is 5.69. The van der Waals surface area contributed by atoms with Crippen molar-refractivity contribution in [2.24, 2.45) is 0 Å². The summed E-state index contributed by atoms with van der Waals surface area (Å²) in [6, 6.07) is 28.4. The van der Waals surface area contributed by atoms with Crippen LogP contribution in [0.4, 0.5) is 0 Å². The van der Waals surface area contributed by atoms with Crippen LogP contribution in [-0.4, -0.2) is 30.8 Å². The summed E-state index contributed by atoms with van der Waals surface area (Å²) in [4.78, 5) is 2.59. The molecule has 0 radical (unpaired) electrons. The lowest BCUT2D eigenvalue weighted by Crippen LogP contribution is -2.47. The molecule has 2 atom stereocenters. The Hall–Kier alpha value is -2.82. The van der Waals surface area contributed by atoms with Gasteiger partial charge in [0, 0.05) is 38.1 Å². The van der Waals surface area contributed by atoms with Crippen molar-refractivity contribution < 1.29 is 9.47 Å². The van der Waals surface area contributed by atoms with E-state index in [-0.39, 0.29) is 0 Å². The quantitative estimate of drug-likeness (QED) is 0.658. The lowest BCUT2D eigenvalue weighted by molar-refractivity contribution is 0.166. The summed E-state index contributed by atoms with van der Waals surface area (Å²) in [6.07, 6.45) is 1.14. The number of rotatable bonds is 6. The van der Waals surface area contributed by atoms with E-state index in [9.17, 15) is 0 Å². The van der Waals surface area contributed by atoms with Gasteiger partial charge in [0.1, 0.15) is 0 Å². The third-order valence-electron chi connectivity index (χ3n) is 6.18. The first-order valence-electron chi connectivity index (χ1n) is 10.8. The van der Waals surface area contributed by atoms with E-state index >= 15 is 0 Å². The summed E-state index contributed by atoms with van der Waals surface area (Å²) >= 11 is 0. The highest BCUT2D eigenvalue weighted by Gasteiger charge is 2.30. The molecule has 1 N–H and O–H groups in total. The van der Waals surface area contributed by atoms with Gasteiger partial charge in [-0.1, -0.05) is 66.7 Å². The monoisotopic (exact) mass is 400 g/mol. The van der Waals surface area contributed by atoms with Gasteiger partial charge < -0.3 is 14.8 Å². The summed E-state index contributed by atoms with van der Waals surface area (Å²) in [7, 11) is 0. The van der Waals surface area contributed by atoms with Gasteiger partial charge >= 0.3 is 0 Å². The normalized spacial score (nSPS) is 20.9. The van der Waals surface area contributed by atoms with Crippen LogP contribution in [0.1, 0.15) is 29.0 Å². The molecule has 2 aliphatic rings. The van der Waals surface area contributed by atoms with Crippen molar-refractivity contribution in [1.29, 1.82) is 0 Å². The van der Waals surface area contributed by atoms with E-state index < -0.39 is 0 Å². The van der Waals surface area contributed by atoms with E-state index in [1.807, 2.05) is 6.07 Å². The number of hydrogen-bond acceptors (Lipinski definition) is 4. The lowest BCUT2D eigenvalue weighted by atomic mass is 9.85. The number of likely N-dealkylation sites (tertiary alicyclic amines) is 1. The third-order valence-corrected chi connectivity index (χ3v) is 6.18. The van der Waals surface area contributed by atoms with Gasteiger partial charge in [-0.15, -0.1) is 0 Å². The SMILES string of the molecule is c1ccc(CN2CCC(NCc3ccc4c(c3)OCO4)C(c3ccccc3)C2)cc1. The predicted molar refractivity (Wildman–Crippen MR) is 119 cm³/mol. The first kappa shape index (κ1) is 19.2. The zero-order chi connectivity index (χ0) is 20.2. The summed E-state index contributed by atoms with van der Waals surface area (Å²) in [5.74, 6) is 2.17. The second-order valence-electron chi connectivity index (χ2n) is 8.20. The molecule has 5 rings (SSSR count). The summed E-state index contributed by atoms with van der Waals surface area (Å²) < 4.78 is 11.0. The summed E-state index contributed by atoms with van der Waals surface area (Å²) in [5, 5.41) is 3.84. The minimum Gasteiger partial charge on any atom is -0.454 e. The van der Waals surface area contributed by atoms with Crippen LogP contribution >= 0.6 is 0 Å². The van der Waals surface area contributed by atoms with Crippen LogP contribution in [-0.2, 0) is 13.1 Å². The zero-order valence-corrected chi connectivity index (χ0v) is 17.2. The molecule has 2 unspecified atom stereocenters. The van der Waals surface area contributed by atoms with Gasteiger partial charge in [-0.25, -0.2) is 0 Å². The molecule has 1 saturated heterocycles. The van der Waals surface area contributed by atoms with Gasteiger partial charge in [0.05, 0.1) is 0 Å². The van der Waals surface area contributed by atoms with Crippen molar-refractivity contribution in [3.05, 3.63) is 95.6 Å². The lowest BCUT2D eigenvalue weighted by Gasteiger charge is -2.39. The van der Waals surface area contributed by atoms with Crippen molar-refractivity contribution >= 4 is 0 Å². The molecule has 0 aromatic heterocycles. The van der Waals surface area contributed by atoms with Crippen molar-refractivity contribution in [3.8, 4) is 11.5 Å². The van der Waals surface area contributed by atoms with Gasteiger partial charge in [0.2, 0.25) is 6.79 Å². The van der Waals surface area contributed by atoms with Crippen molar-refractivity contribution in [2.45, 2.75) is 31.5 Å². The second kappa shape index (κ2) is 8.90. The van der Waals surface area contributed by atoms with Gasteiger partial charge in [-0.2, -0.15) is 0 Å². The van der Waals surface area contributed by atoms with Gasteiger partial charge in [-0.05, 0) is 35.2 Å². The molecule has 1 fully saturated rings. The first-order valence-corrected chi connectivity index (χ1v) is 10.8. The van der Waals surface area contributed by atoms with Crippen LogP contribution in [0, 0.1) is 0 Å². The van der Waals surface area contributed by atoms with E-state index in [1.165, 1.54) is 16.7 Å². The van der Waals surface area contributed by atoms with Gasteiger partial charge in [0.25, 0.3) is 0 Å². The fraction of sp³-hybridized carbons (Fsp3) is 0.308. The van der Waals surface area contributed by atoms with Crippen LogP contribution in [0.5, 0.6) is 11.5 Å². The number of nitrogens with zero attached hydrogens (tertiary/aromatic N) is 1. The second-order valence-corrected chi connectivity index (χ2v) is 8.20. The number of hydrogen-bond donors (Lipinski definition) is 1. The predicted octanol–water partition coefficient (Wildman–Crippen LogP) is 4.56. The molecule has 0 amide bonds. The smallest absolute Gasteiger partial charge is 0.231 e. The molecule has 4 heteroatoms. The molecule has 154 valence electrons. The molecular formula is C26H28N2O2. The minimum atomic E-state index is 0.322. The molecule has 0 aliphatic carbocycles. The number of benzene rings is 3. The van der Waals surface area contributed by atoms with Crippen LogP contribution in [0.25, 0.3) is 0 Å². The molecule has 2 heterocycles. The number of ether oxygens (including phenoxy) is 2. The standard InChI is InChI=1S/C26H28N2O2/c1-3-7-20(8-4-1)17-28-14-13-24(23(18-28)22-9-5-2-6-10-22)27-16-21-11-12-25-26(15-21)30-19-29-25/h1-12,15,23-24,27H,13-14,16-19H2. The number of fused-ring (bicyclic) bond motifs is 1. The van der Waals surface area contributed by atoms with E-state index in [0.717, 1.165) is 44.1 Å². The topological polar surface area (TPSA) is 33.7 Å². The molecule has 3 aromatic rings. The molecule has 0 bridgehead atoms. The highest BCUT2D eigenvalue weighted by molar-refractivity contribution is 5.44. The van der Waals surface area contributed by atoms with Gasteiger partial charge in [0.15, 0.2) is 11.5 Å².